The summed E-state index contributed by atoms with van der Waals surface area (Å²) in [5.74, 6) is 0.138. The quantitative estimate of drug-likeness (QED) is 0.419. The average Bonchev–Trinajstić information content (AvgIpc) is 3.26. The summed E-state index contributed by atoms with van der Waals surface area (Å²) in [5, 5.41) is 10.7. The molecule has 33 heavy (non-hydrogen) atoms. The normalized spacial score (nSPS) is 17.4. The largest absolute Gasteiger partial charge is 0.347 e. The van der Waals surface area contributed by atoms with Crippen LogP contribution in [0.3, 0.4) is 0 Å². The maximum Gasteiger partial charge on any atom is 0.250 e. The maximum absolute atomic E-state index is 13.0. The molecule has 7 heteroatoms. The van der Waals surface area contributed by atoms with Crippen LogP contribution in [0.25, 0.3) is 6.08 Å². The second-order valence-electron chi connectivity index (χ2n) is 7.85. The predicted molar refractivity (Wildman–Crippen MR) is 126 cm³/mol. The van der Waals surface area contributed by atoms with Crippen LogP contribution in [-0.2, 0) is 4.79 Å². The van der Waals surface area contributed by atoms with Crippen LogP contribution in [0.4, 0.5) is 16.3 Å². The fraction of sp³-hybridized carbons (Fsp3) is 0.115. The maximum atomic E-state index is 13.0. The zero-order valence-corrected chi connectivity index (χ0v) is 17.7. The van der Waals surface area contributed by atoms with Crippen molar-refractivity contribution in [1.82, 2.24) is 14.8 Å². The zero-order chi connectivity index (χ0) is 22.6. The highest BCUT2D eigenvalue weighted by Gasteiger charge is 2.31. The standard InChI is InChI=1S/C26H22FN5O/c27-21-14-11-18(12-15-21)13-16-24(33)29-25-30-26-28-22(19-7-3-1-4-8-19)17-23(32(26)31-25)20-9-5-2-6-10-20/h1-16,22-23H,17H2,(H2,28,29,30,31,33)/b16-13+. The van der Waals surface area contributed by atoms with E-state index < -0.39 is 0 Å². The number of hydrogen-bond acceptors (Lipinski definition) is 4. The summed E-state index contributed by atoms with van der Waals surface area (Å²) in [7, 11) is 0. The van der Waals surface area contributed by atoms with Crippen LogP contribution in [0.15, 0.2) is 91.0 Å². The van der Waals surface area contributed by atoms with Crippen molar-refractivity contribution in [1.29, 1.82) is 0 Å². The van der Waals surface area contributed by atoms with Crippen molar-refractivity contribution in [3.8, 4) is 0 Å². The van der Waals surface area contributed by atoms with E-state index in [1.165, 1.54) is 23.8 Å². The van der Waals surface area contributed by atoms with Crippen LogP contribution in [0.5, 0.6) is 0 Å². The molecule has 0 saturated carbocycles. The highest BCUT2D eigenvalue weighted by molar-refractivity contribution is 6.00. The summed E-state index contributed by atoms with van der Waals surface area (Å²) in [4.78, 5) is 17.0. The van der Waals surface area contributed by atoms with E-state index in [2.05, 4.69) is 45.0 Å². The molecule has 164 valence electrons. The molecule has 1 aliphatic rings. The van der Waals surface area contributed by atoms with Crippen molar-refractivity contribution in [3.05, 3.63) is 114 Å². The highest BCUT2D eigenvalue weighted by Crippen LogP contribution is 2.38. The Labute approximate surface area is 190 Å². The Kier molecular flexibility index (Phi) is 5.68. The molecule has 1 aromatic heterocycles. The Morgan fingerprint density at radius 1 is 0.970 bits per heavy atom. The molecular formula is C26H22FN5O. The number of halogens is 1. The smallest absolute Gasteiger partial charge is 0.250 e. The van der Waals surface area contributed by atoms with Gasteiger partial charge in [0, 0.05) is 6.08 Å². The molecule has 4 aromatic rings. The van der Waals surface area contributed by atoms with Gasteiger partial charge in [-0.1, -0.05) is 72.8 Å². The zero-order valence-electron chi connectivity index (χ0n) is 17.7. The second kappa shape index (κ2) is 9.08. The lowest BCUT2D eigenvalue weighted by Gasteiger charge is -2.31. The van der Waals surface area contributed by atoms with E-state index in [1.54, 1.807) is 18.2 Å². The number of carbonyl (C=O) groups excluding carboxylic acids is 1. The summed E-state index contributed by atoms with van der Waals surface area (Å²) < 4.78 is 14.9. The molecule has 5 rings (SSSR count). The third-order valence-electron chi connectivity index (χ3n) is 5.61. The fourth-order valence-electron chi connectivity index (χ4n) is 3.98. The topological polar surface area (TPSA) is 71.8 Å². The lowest BCUT2D eigenvalue weighted by molar-refractivity contribution is -0.111. The van der Waals surface area contributed by atoms with Gasteiger partial charge in [0.05, 0.1) is 12.1 Å². The third kappa shape index (κ3) is 4.67. The summed E-state index contributed by atoms with van der Waals surface area (Å²) >= 11 is 0. The first kappa shape index (κ1) is 20.6. The molecule has 2 N–H and O–H groups in total. The number of aromatic nitrogens is 3. The van der Waals surface area contributed by atoms with Gasteiger partial charge < -0.3 is 5.32 Å². The van der Waals surface area contributed by atoms with E-state index in [4.69, 9.17) is 0 Å². The number of benzene rings is 3. The number of nitrogens with one attached hydrogen (secondary N) is 2. The van der Waals surface area contributed by atoms with Crippen molar-refractivity contribution in [2.24, 2.45) is 0 Å². The molecule has 0 bridgehead atoms. The minimum Gasteiger partial charge on any atom is -0.347 e. The van der Waals surface area contributed by atoms with Gasteiger partial charge in [-0.25, -0.2) is 9.07 Å². The molecule has 0 fully saturated rings. The van der Waals surface area contributed by atoms with Crippen molar-refractivity contribution >= 4 is 23.9 Å². The summed E-state index contributed by atoms with van der Waals surface area (Å²) in [6.07, 6.45) is 3.78. The van der Waals surface area contributed by atoms with E-state index in [1.807, 2.05) is 41.1 Å². The van der Waals surface area contributed by atoms with Gasteiger partial charge in [0.25, 0.3) is 11.9 Å². The van der Waals surface area contributed by atoms with Crippen molar-refractivity contribution in [2.75, 3.05) is 10.6 Å². The monoisotopic (exact) mass is 439 g/mol. The molecule has 2 atom stereocenters. The molecule has 0 spiro atoms. The minimum absolute atomic E-state index is 0.0273. The Bertz CT molecular complexity index is 1270. The van der Waals surface area contributed by atoms with E-state index in [0.29, 0.717) is 5.95 Å². The Morgan fingerprint density at radius 2 is 1.64 bits per heavy atom. The molecule has 2 heterocycles. The molecule has 1 amide bonds. The van der Waals surface area contributed by atoms with E-state index in [0.717, 1.165) is 17.5 Å². The van der Waals surface area contributed by atoms with Crippen LogP contribution in [-0.4, -0.2) is 20.7 Å². The number of fused-ring (bicyclic) bond motifs is 1. The van der Waals surface area contributed by atoms with Gasteiger partial charge in [-0.15, -0.1) is 5.10 Å². The van der Waals surface area contributed by atoms with Gasteiger partial charge in [0.1, 0.15) is 5.82 Å². The Hall–Kier alpha value is -4.26. The average molecular weight is 439 g/mol. The van der Waals surface area contributed by atoms with Crippen LogP contribution in [0.2, 0.25) is 0 Å². The van der Waals surface area contributed by atoms with Gasteiger partial charge >= 0.3 is 0 Å². The summed E-state index contributed by atoms with van der Waals surface area (Å²) in [6, 6.07) is 26.3. The van der Waals surface area contributed by atoms with Crippen molar-refractivity contribution < 1.29 is 9.18 Å². The number of amides is 1. The van der Waals surface area contributed by atoms with E-state index in [-0.39, 0.29) is 29.8 Å². The first-order chi connectivity index (χ1) is 16.2. The molecule has 1 aliphatic heterocycles. The predicted octanol–water partition coefficient (Wildman–Crippen LogP) is 5.22. The third-order valence-corrected chi connectivity index (χ3v) is 5.61. The fourth-order valence-corrected chi connectivity index (χ4v) is 3.98. The van der Waals surface area contributed by atoms with Crippen LogP contribution in [0.1, 0.15) is 35.2 Å². The van der Waals surface area contributed by atoms with Gasteiger partial charge in [0.2, 0.25) is 5.95 Å². The minimum atomic E-state index is -0.363. The van der Waals surface area contributed by atoms with Crippen molar-refractivity contribution in [2.45, 2.75) is 18.5 Å². The molecule has 0 saturated heterocycles. The van der Waals surface area contributed by atoms with Gasteiger partial charge in [0.15, 0.2) is 0 Å². The molecule has 2 unspecified atom stereocenters. The van der Waals surface area contributed by atoms with Gasteiger partial charge in [-0.2, -0.15) is 4.98 Å². The second-order valence-corrected chi connectivity index (χ2v) is 7.85. The molecular weight excluding hydrogens is 417 g/mol. The Morgan fingerprint density at radius 3 is 2.33 bits per heavy atom. The number of nitrogens with zero attached hydrogens (tertiary/aromatic N) is 3. The molecule has 0 radical (unpaired) electrons. The number of anilines is 2. The first-order valence-corrected chi connectivity index (χ1v) is 10.7. The number of hydrogen-bond donors (Lipinski definition) is 2. The number of carbonyl (C=O) groups is 1. The van der Waals surface area contributed by atoms with Crippen LogP contribution < -0.4 is 10.6 Å². The molecule has 3 aromatic carbocycles. The summed E-state index contributed by atoms with van der Waals surface area (Å²) in [5.41, 5.74) is 3.01. The van der Waals surface area contributed by atoms with E-state index in [9.17, 15) is 9.18 Å². The van der Waals surface area contributed by atoms with Crippen molar-refractivity contribution in [3.63, 3.8) is 0 Å². The van der Waals surface area contributed by atoms with Crippen LogP contribution >= 0.6 is 0 Å². The Balaban J connectivity index is 1.39. The van der Waals surface area contributed by atoms with Crippen LogP contribution in [0, 0.1) is 5.82 Å². The SMILES string of the molecule is O=C(/C=C/c1ccc(F)cc1)Nc1nc2n(n1)C(c1ccccc1)CC(c1ccccc1)N2. The van der Waals surface area contributed by atoms with E-state index >= 15 is 0 Å². The highest BCUT2D eigenvalue weighted by atomic mass is 19.1. The van der Waals surface area contributed by atoms with Gasteiger partial charge in [-0.05, 0) is 41.3 Å². The first-order valence-electron chi connectivity index (χ1n) is 10.7. The molecule has 6 nitrogen and oxygen atoms in total. The summed E-state index contributed by atoms with van der Waals surface area (Å²) in [6.45, 7) is 0. The number of rotatable bonds is 5. The lowest BCUT2D eigenvalue weighted by atomic mass is 9.93. The lowest BCUT2D eigenvalue weighted by Crippen LogP contribution is -2.28. The van der Waals surface area contributed by atoms with Gasteiger partial charge in [-0.3, -0.25) is 10.1 Å². The molecule has 0 aliphatic carbocycles.